The van der Waals surface area contributed by atoms with Gasteiger partial charge in [-0.25, -0.2) is 4.79 Å². The Kier molecular flexibility index (Phi) is 4.76. The van der Waals surface area contributed by atoms with Crippen LogP contribution in [0.5, 0.6) is 0 Å². The van der Waals surface area contributed by atoms with Crippen molar-refractivity contribution in [1.82, 2.24) is 28.5 Å². The number of aromatic nitrogens is 6. The fourth-order valence-electron chi connectivity index (χ4n) is 4.76. The van der Waals surface area contributed by atoms with Gasteiger partial charge in [0.05, 0.1) is 17.8 Å². The van der Waals surface area contributed by atoms with Crippen molar-refractivity contribution in [2.45, 2.75) is 25.9 Å². The molecule has 0 bridgehead atoms. The van der Waals surface area contributed by atoms with Crippen LogP contribution >= 0.6 is 11.6 Å². The smallest absolute Gasteiger partial charge is 0.332 e. The number of nitrogens with zero attached hydrogens (tertiary/aromatic N) is 6. The van der Waals surface area contributed by atoms with E-state index in [1.165, 1.54) is 7.05 Å². The Morgan fingerprint density at radius 1 is 1.23 bits per heavy atom. The van der Waals surface area contributed by atoms with E-state index in [1.54, 1.807) is 21.5 Å². The molecule has 1 aliphatic carbocycles. The SMILES string of the molecule is Cn1cc(C#N)cc1-c1c2c(=O)n(C)c(=O)n(CC3CC3)c2nn1Cc1c[nH]c2ccc(Cl)cc12. The number of benzene rings is 1. The lowest BCUT2D eigenvalue weighted by Gasteiger charge is -2.09. The van der Waals surface area contributed by atoms with Gasteiger partial charge in [-0.3, -0.25) is 18.6 Å². The van der Waals surface area contributed by atoms with E-state index in [1.807, 2.05) is 36.0 Å². The summed E-state index contributed by atoms with van der Waals surface area (Å²) in [5.74, 6) is 0.415. The molecule has 176 valence electrons. The maximum Gasteiger partial charge on any atom is 0.332 e. The van der Waals surface area contributed by atoms with Gasteiger partial charge in [-0.1, -0.05) is 11.6 Å². The van der Waals surface area contributed by atoms with E-state index in [0.29, 0.717) is 52.0 Å². The maximum absolute atomic E-state index is 13.5. The Labute approximate surface area is 204 Å². The van der Waals surface area contributed by atoms with Crippen LogP contribution in [0.1, 0.15) is 24.0 Å². The summed E-state index contributed by atoms with van der Waals surface area (Å²) in [6.07, 6.45) is 5.74. The van der Waals surface area contributed by atoms with Crippen molar-refractivity contribution in [2.75, 3.05) is 0 Å². The van der Waals surface area contributed by atoms with Crippen LogP contribution in [0.25, 0.3) is 33.3 Å². The minimum atomic E-state index is -0.403. The normalized spacial score (nSPS) is 13.7. The molecular weight excluding hydrogens is 466 g/mol. The first kappa shape index (κ1) is 21.5. The predicted octanol–water partition coefficient (Wildman–Crippen LogP) is 3.37. The first-order valence-corrected chi connectivity index (χ1v) is 11.8. The summed E-state index contributed by atoms with van der Waals surface area (Å²) in [5, 5.41) is 16.3. The molecule has 1 aliphatic rings. The number of halogens is 1. The molecular formula is C25H22ClN7O2. The van der Waals surface area contributed by atoms with Gasteiger partial charge >= 0.3 is 5.69 Å². The van der Waals surface area contributed by atoms with Crippen LogP contribution in [0.2, 0.25) is 5.02 Å². The number of nitrogens with one attached hydrogen (secondary N) is 1. The molecule has 4 aromatic heterocycles. The van der Waals surface area contributed by atoms with E-state index in [4.69, 9.17) is 16.7 Å². The molecule has 10 heteroatoms. The molecule has 4 heterocycles. The molecule has 0 atom stereocenters. The van der Waals surface area contributed by atoms with Crippen LogP contribution in [0.15, 0.2) is 46.2 Å². The molecule has 0 radical (unpaired) electrons. The number of hydrogen-bond donors (Lipinski definition) is 1. The summed E-state index contributed by atoms with van der Waals surface area (Å²) in [7, 11) is 3.33. The number of nitriles is 1. The zero-order valence-corrected chi connectivity index (χ0v) is 20.0. The lowest BCUT2D eigenvalue weighted by molar-refractivity contribution is 0.572. The Hall–Kier alpha value is -4.03. The van der Waals surface area contributed by atoms with Gasteiger partial charge in [0.25, 0.3) is 5.56 Å². The molecule has 1 N–H and O–H groups in total. The first-order valence-electron chi connectivity index (χ1n) is 11.4. The van der Waals surface area contributed by atoms with Gasteiger partial charge in [0.15, 0.2) is 5.65 Å². The molecule has 5 aromatic rings. The van der Waals surface area contributed by atoms with Gasteiger partial charge in [-0.2, -0.15) is 10.4 Å². The third-order valence-corrected chi connectivity index (χ3v) is 7.02. The minimum Gasteiger partial charge on any atom is -0.361 e. The van der Waals surface area contributed by atoms with Crippen molar-refractivity contribution >= 4 is 33.5 Å². The Bertz CT molecular complexity index is 1800. The molecule has 1 aromatic carbocycles. The highest BCUT2D eigenvalue weighted by molar-refractivity contribution is 6.31. The molecule has 35 heavy (non-hydrogen) atoms. The topological polar surface area (TPSA) is 106 Å². The highest BCUT2D eigenvalue weighted by Gasteiger charge is 2.28. The minimum absolute atomic E-state index is 0.345. The van der Waals surface area contributed by atoms with Gasteiger partial charge in [0, 0.05) is 49.0 Å². The Balaban J connectivity index is 1.66. The van der Waals surface area contributed by atoms with Crippen molar-refractivity contribution in [1.29, 1.82) is 5.26 Å². The second-order valence-corrected chi connectivity index (χ2v) is 9.68. The van der Waals surface area contributed by atoms with Crippen LogP contribution in [0.4, 0.5) is 0 Å². The molecule has 6 rings (SSSR count). The largest absolute Gasteiger partial charge is 0.361 e. The Morgan fingerprint density at radius 2 is 2.03 bits per heavy atom. The molecule has 0 aliphatic heterocycles. The second-order valence-electron chi connectivity index (χ2n) is 9.25. The number of H-pyrrole nitrogens is 1. The van der Waals surface area contributed by atoms with Gasteiger partial charge in [-0.05, 0) is 48.6 Å². The quantitative estimate of drug-likeness (QED) is 0.410. The van der Waals surface area contributed by atoms with Gasteiger partial charge < -0.3 is 9.55 Å². The van der Waals surface area contributed by atoms with E-state index in [9.17, 15) is 14.9 Å². The monoisotopic (exact) mass is 487 g/mol. The molecule has 1 fully saturated rings. The van der Waals surface area contributed by atoms with Gasteiger partial charge in [-0.15, -0.1) is 0 Å². The molecule has 0 spiro atoms. The number of hydrogen-bond acceptors (Lipinski definition) is 4. The van der Waals surface area contributed by atoms with Gasteiger partial charge in [0.1, 0.15) is 17.1 Å². The van der Waals surface area contributed by atoms with Crippen molar-refractivity contribution in [3.8, 4) is 17.5 Å². The van der Waals surface area contributed by atoms with E-state index < -0.39 is 5.56 Å². The third kappa shape index (κ3) is 3.41. The summed E-state index contributed by atoms with van der Waals surface area (Å²) >= 11 is 6.26. The summed E-state index contributed by atoms with van der Waals surface area (Å²) in [6.45, 7) is 0.872. The third-order valence-electron chi connectivity index (χ3n) is 6.79. The van der Waals surface area contributed by atoms with E-state index in [0.717, 1.165) is 33.9 Å². The zero-order valence-electron chi connectivity index (χ0n) is 19.2. The first-order chi connectivity index (χ1) is 16.9. The van der Waals surface area contributed by atoms with Crippen LogP contribution in [-0.4, -0.2) is 28.5 Å². The van der Waals surface area contributed by atoms with E-state index in [2.05, 4.69) is 11.1 Å². The van der Waals surface area contributed by atoms with Crippen molar-refractivity contribution in [3.63, 3.8) is 0 Å². The molecule has 1 saturated carbocycles. The fourth-order valence-corrected chi connectivity index (χ4v) is 4.94. The van der Waals surface area contributed by atoms with Crippen LogP contribution in [0.3, 0.4) is 0 Å². The highest BCUT2D eigenvalue weighted by atomic mass is 35.5. The molecule has 0 unspecified atom stereocenters. The summed E-state index contributed by atoms with van der Waals surface area (Å²) in [5.41, 5.74) is 3.22. The summed E-state index contributed by atoms with van der Waals surface area (Å²) in [4.78, 5) is 29.8. The number of aryl methyl sites for hydroxylation is 1. The lowest BCUT2D eigenvalue weighted by Crippen LogP contribution is -2.38. The average Bonchev–Trinajstić information content (AvgIpc) is 3.30. The standard InChI is InChI=1S/C25H22ClN7O2/c1-30-11-15(9-27)7-20(30)22-21-23(32(12-14-3-4-14)25(35)31(2)24(21)34)29-33(22)13-16-10-28-19-6-5-17(26)8-18(16)19/h5-8,10-11,14,28H,3-4,12-13H2,1-2H3. The summed E-state index contributed by atoms with van der Waals surface area (Å²) in [6, 6.07) is 9.55. The average molecular weight is 488 g/mol. The number of fused-ring (bicyclic) bond motifs is 2. The molecule has 0 amide bonds. The van der Waals surface area contributed by atoms with Crippen LogP contribution < -0.4 is 11.2 Å². The Morgan fingerprint density at radius 3 is 2.74 bits per heavy atom. The molecule has 9 nitrogen and oxygen atoms in total. The van der Waals surface area contributed by atoms with Crippen molar-refractivity contribution in [3.05, 3.63) is 73.6 Å². The van der Waals surface area contributed by atoms with Crippen LogP contribution in [-0.2, 0) is 27.2 Å². The highest BCUT2D eigenvalue weighted by Crippen LogP contribution is 2.33. The zero-order chi connectivity index (χ0) is 24.4. The predicted molar refractivity (Wildman–Crippen MR) is 133 cm³/mol. The van der Waals surface area contributed by atoms with Crippen molar-refractivity contribution in [2.24, 2.45) is 20.0 Å². The maximum atomic E-state index is 13.5. The fraction of sp³-hybridized carbons (Fsp3) is 0.280. The van der Waals surface area contributed by atoms with Crippen molar-refractivity contribution < 1.29 is 0 Å². The van der Waals surface area contributed by atoms with E-state index >= 15 is 0 Å². The van der Waals surface area contributed by atoms with Gasteiger partial charge in [0.2, 0.25) is 0 Å². The molecule has 0 saturated heterocycles. The summed E-state index contributed by atoms with van der Waals surface area (Å²) < 4.78 is 6.34. The number of rotatable bonds is 5. The second kappa shape index (κ2) is 7.75. The number of aromatic amines is 1. The van der Waals surface area contributed by atoms with Crippen LogP contribution in [0, 0.1) is 17.2 Å². The van der Waals surface area contributed by atoms with E-state index in [-0.39, 0.29) is 5.69 Å². The lowest BCUT2D eigenvalue weighted by atomic mass is 10.1.